The highest BCUT2D eigenvalue weighted by Gasteiger charge is 2.19. The van der Waals surface area contributed by atoms with Crippen molar-refractivity contribution in [2.24, 2.45) is 0 Å². The predicted molar refractivity (Wildman–Crippen MR) is 164 cm³/mol. The minimum absolute atomic E-state index is 0.216. The molecule has 0 aromatic carbocycles. The number of esters is 2. The van der Waals surface area contributed by atoms with E-state index in [1.807, 2.05) is 0 Å². The summed E-state index contributed by atoms with van der Waals surface area (Å²) in [5.41, 5.74) is 0. The van der Waals surface area contributed by atoms with Gasteiger partial charge in [-0.1, -0.05) is 122 Å². The lowest BCUT2D eigenvalue weighted by atomic mass is 10.1. The molecule has 0 radical (unpaired) electrons. The van der Waals surface area contributed by atoms with Crippen molar-refractivity contribution in [2.75, 3.05) is 19.9 Å². The molecule has 0 aliphatic carbocycles. The van der Waals surface area contributed by atoms with Crippen LogP contribution in [0.15, 0.2) is 0 Å². The zero-order valence-electron chi connectivity index (χ0n) is 26.6. The fourth-order valence-corrected chi connectivity index (χ4v) is 5.17. The van der Waals surface area contributed by atoms with E-state index in [1.165, 1.54) is 51.4 Å². The van der Waals surface area contributed by atoms with Crippen molar-refractivity contribution in [3.05, 3.63) is 0 Å². The van der Waals surface area contributed by atoms with E-state index in [4.69, 9.17) is 19.1 Å². The van der Waals surface area contributed by atoms with Crippen LogP contribution in [-0.4, -0.2) is 49.0 Å². The van der Waals surface area contributed by atoms with E-state index in [1.54, 1.807) is 0 Å². The molecule has 0 heterocycles. The third-order valence-electron chi connectivity index (χ3n) is 7.23. The van der Waals surface area contributed by atoms with Crippen molar-refractivity contribution in [1.82, 2.24) is 0 Å². The second-order valence-corrected chi connectivity index (χ2v) is 13.4. The Labute approximate surface area is 255 Å². The average molecular weight is 620 g/mol. The number of carboxylic acid groups (broad SMARTS) is 1. The number of unbranched alkanes of at least 4 members (excludes halogenated alkanes) is 19. The molecule has 0 fully saturated rings. The van der Waals surface area contributed by atoms with E-state index in [9.17, 15) is 23.8 Å². The summed E-state index contributed by atoms with van der Waals surface area (Å²) in [6.07, 6.45) is 22.7. The molecule has 0 aliphatic rings. The number of hydrogen-bond acceptors (Lipinski definition) is 8. The van der Waals surface area contributed by atoms with Crippen molar-refractivity contribution < 1.29 is 42.9 Å². The van der Waals surface area contributed by atoms with E-state index in [-0.39, 0.29) is 38.4 Å². The van der Waals surface area contributed by atoms with E-state index in [0.717, 1.165) is 83.7 Å². The van der Waals surface area contributed by atoms with Gasteiger partial charge >= 0.3 is 17.9 Å². The average Bonchev–Trinajstić information content (AvgIpc) is 2.93. The molecule has 0 aromatic heterocycles. The summed E-state index contributed by atoms with van der Waals surface area (Å²) >= 11 is 0. The summed E-state index contributed by atoms with van der Waals surface area (Å²) in [6, 6.07) is 0. The quantitative estimate of drug-likeness (QED) is 0.0463. The predicted octanol–water partition coefficient (Wildman–Crippen LogP) is 8.11. The van der Waals surface area contributed by atoms with Gasteiger partial charge in [0, 0.05) is 25.9 Å². The molecule has 0 rings (SSSR count). The zero-order valence-corrected chi connectivity index (χ0v) is 27.5. The molecule has 248 valence electrons. The van der Waals surface area contributed by atoms with Gasteiger partial charge in [-0.25, -0.2) is 0 Å². The number of carboxylic acids is 1. The van der Waals surface area contributed by atoms with Crippen LogP contribution in [0.3, 0.4) is 0 Å². The molecular formula is C32H60O9P-. The number of carbonyl (C=O) groups excluding carboxylic acids is 2. The molecule has 1 N–H and O–H groups in total. The molecular weight excluding hydrogens is 559 g/mol. The molecule has 0 aromatic rings. The maximum absolute atomic E-state index is 12.3. The second-order valence-electron chi connectivity index (χ2n) is 11.6. The first-order chi connectivity index (χ1) is 20.1. The number of ether oxygens (including phenoxy) is 2. The molecule has 0 spiro atoms. The summed E-state index contributed by atoms with van der Waals surface area (Å²) < 4.78 is 26.9. The molecule has 2 atom stereocenters. The first-order valence-electron chi connectivity index (χ1n) is 16.6. The molecule has 9 nitrogen and oxygen atoms in total. The van der Waals surface area contributed by atoms with Gasteiger partial charge in [0.05, 0.1) is 6.61 Å². The van der Waals surface area contributed by atoms with Crippen LogP contribution < -0.4 is 4.89 Å². The fraction of sp³-hybridized carbons (Fsp3) is 0.906. The van der Waals surface area contributed by atoms with Gasteiger partial charge in [0.25, 0.3) is 0 Å². The Morgan fingerprint density at radius 1 is 0.619 bits per heavy atom. The Morgan fingerprint density at radius 2 is 1.00 bits per heavy atom. The van der Waals surface area contributed by atoms with Gasteiger partial charge < -0.3 is 28.6 Å². The molecule has 10 heteroatoms. The maximum Gasteiger partial charge on any atom is 0.306 e. The highest BCUT2D eigenvalue weighted by molar-refractivity contribution is 7.50. The fourth-order valence-electron chi connectivity index (χ4n) is 4.73. The number of hydrogen-bond donors (Lipinski definition) is 1. The first-order valence-corrected chi connectivity index (χ1v) is 18.6. The molecule has 0 aliphatic heterocycles. The minimum Gasteiger partial charge on any atom is -0.779 e. The van der Waals surface area contributed by atoms with Crippen molar-refractivity contribution in [2.45, 2.75) is 167 Å². The van der Waals surface area contributed by atoms with Crippen LogP contribution in [-0.2, 0) is 32.9 Å². The van der Waals surface area contributed by atoms with Crippen LogP contribution in [0.1, 0.15) is 161 Å². The van der Waals surface area contributed by atoms with Crippen molar-refractivity contribution in [3.63, 3.8) is 0 Å². The van der Waals surface area contributed by atoms with Gasteiger partial charge in [-0.2, -0.15) is 0 Å². The van der Waals surface area contributed by atoms with Crippen LogP contribution in [0.2, 0.25) is 0 Å². The Bertz CT molecular complexity index is 723. The molecule has 0 saturated heterocycles. The number of rotatable bonds is 31. The van der Waals surface area contributed by atoms with Crippen LogP contribution in [0.5, 0.6) is 0 Å². The molecule has 42 heavy (non-hydrogen) atoms. The lowest BCUT2D eigenvalue weighted by Gasteiger charge is -2.23. The maximum atomic E-state index is 12.3. The summed E-state index contributed by atoms with van der Waals surface area (Å²) in [6.45, 7) is 2.58. The summed E-state index contributed by atoms with van der Waals surface area (Å²) in [4.78, 5) is 46.4. The molecule has 0 bridgehead atoms. The van der Waals surface area contributed by atoms with Crippen LogP contribution in [0.25, 0.3) is 0 Å². The molecule has 2 unspecified atom stereocenters. The van der Waals surface area contributed by atoms with Crippen molar-refractivity contribution in [3.8, 4) is 0 Å². The van der Waals surface area contributed by atoms with Gasteiger partial charge in [-0.15, -0.1) is 0 Å². The van der Waals surface area contributed by atoms with Crippen LogP contribution in [0, 0.1) is 0 Å². The van der Waals surface area contributed by atoms with E-state index >= 15 is 0 Å². The number of carbonyl (C=O) groups is 3. The standard InChI is InChI=1S/C32H61O9P/c1-3-4-5-6-7-8-9-13-16-19-22-25-31(35)39-27-29(28-40-42(2,37)38)41-32(36)26-23-20-17-14-11-10-12-15-18-21-24-30(33)34/h29H,3-28H2,1-2H3,(H,33,34)(H,37,38)/p-1. The largest absolute Gasteiger partial charge is 0.779 e. The van der Waals surface area contributed by atoms with E-state index in [2.05, 4.69) is 6.92 Å². The molecule has 0 amide bonds. The third kappa shape index (κ3) is 31.5. The normalized spacial score (nSPS) is 13.4. The lowest BCUT2D eigenvalue weighted by Crippen LogP contribution is -2.30. The van der Waals surface area contributed by atoms with Crippen molar-refractivity contribution in [1.29, 1.82) is 0 Å². The van der Waals surface area contributed by atoms with Gasteiger partial charge in [0.2, 0.25) is 0 Å². The zero-order chi connectivity index (χ0) is 31.3. The minimum atomic E-state index is -4.01. The van der Waals surface area contributed by atoms with E-state index < -0.39 is 25.6 Å². The van der Waals surface area contributed by atoms with Crippen molar-refractivity contribution >= 4 is 25.5 Å². The summed E-state index contributed by atoms with van der Waals surface area (Å²) in [5.74, 6) is -1.57. The van der Waals surface area contributed by atoms with Gasteiger partial charge in [-0.05, 0) is 19.3 Å². The Morgan fingerprint density at radius 3 is 1.40 bits per heavy atom. The Kier molecular flexibility index (Phi) is 27.4. The van der Waals surface area contributed by atoms with Gasteiger partial charge in [0.15, 0.2) is 6.10 Å². The summed E-state index contributed by atoms with van der Waals surface area (Å²) in [5, 5.41) is 8.63. The van der Waals surface area contributed by atoms with Gasteiger partial charge in [-0.3, -0.25) is 14.4 Å². The number of aliphatic carboxylic acids is 1. The SMILES string of the molecule is CCCCCCCCCCCCCC(=O)OCC(COP(C)(=O)[O-])OC(=O)CCCCCCCCCCCCC(=O)O. The molecule has 0 saturated carbocycles. The smallest absolute Gasteiger partial charge is 0.306 e. The Hall–Kier alpha value is -1.44. The third-order valence-corrected chi connectivity index (χ3v) is 7.85. The van der Waals surface area contributed by atoms with E-state index in [0.29, 0.717) is 6.42 Å². The second kappa shape index (κ2) is 28.3. The van der Waals surface area contributed by atoms with Crippen LogP contribution in [0.4, 0.5) is 0 Å². The highest BCUT2D eigenvalue weighted by atomic mass is 31.2. The van der Waals surface area contributed by atoms with Crippen LogP contribution >= 0.6 is 7.60 Å². The Balaban J connectivity index is 3.99. The topological polar surface area (TPSA) is 139 Å². The first kappa shape index (κ1) is 40.6. The monoisotopic (exact) mass is 619 g/mol. The van der Waals surface area contributed by atoms with Gasteiger partial charge in [0.1, 0.15) is 14.2 Å². The highest BCUT2D eigenvalue weighted by Crippen LogP contribution is 2.31. The lowest BCUT2D eigenvalue weighted by molar-refractivity contribution is -0.200. The summed E-state index contributed by atoms with van der Waals surface area (Å²) in [7, 11) is -4.01.